The van der Waals surface area contributed by atoms with Crippen molar-refractivity contribution in [2.45, 2.75) is 19.3 Å². The Morgan fingerprint density at radius 2 is 1.84 bits per heavy atom. The minimum absolute atomic E-state index is 0.0518. The maximum absolute atomic E-state index is 12.4. The zero-order chi connectivity index (χ0) is 17.3. The first-order valence-electron chi connectivity index (χ1n) is 9.05. The number of carbonyl (C=O) groups is 1. The molecule has 0 bridgehead atoms. The van der Waals surface area contributed by atoms with E-state index in [9.17, 15) is 4.79 Å². The first-order valence-corrected chi connectivity index (χ1v) is 9.05. The molecule has 1 aromatic heterocycles. The summed E-state index contributed by atoms with van der Waals surface area (Å²) in [5, 5.41) is 3.05. The second kappa shape index (κ2) is 9.06. The second-order valence-electron chi connectivity index (χ2n) is 6.32. The van der Waals surface area contributed by atoms with E-state index >= 15 is 0 Å². The third-order valence-corrected chi connectivity index (χ3v) is 4.52. The molecule has 1 aliphatic rings. The van der Waals surface area contributed by atoms with Gasteiger partial charge < -0.3 is 15.1 Å². The van der Waals surface area contributed by atoms with Crippen molar-refractivity contribution in [1.29, 1.82) is 0 Å². The number of carbonyl (C=O) groups excluding carboxylic acids is 1. The van der Waals surface area contributed by atoms with Gasteiger partial charge in [-0.15, -0.1) is 0 Å². The standard InChI is InChI=1S/C20H26N4O/c25-20(22-13-6-9-18-8-4-5-12-21-18)24-15-7-14-23(16-17-24)19-10-2-1-3-11-19/h1-5,8,10-12H,6-7,9,13-17H2,(H,22,25). The smallest absolute Gasteiger partial charge is 0.317 e. The van der Waals surface area contributed by atoms with Gasteiger partial charge in [0.25, 0.3) is 0 Å². The Bertz CT molecular complexity index is 647. The van der Waals surface area contributed by atoms with Crippen molar-refractivity contribution in [3.63, 3.8) is 0 Å². The van der Waals surface area contributed by atoms with Gasteiger partial charge in [0.2, 0.25) is 0 Å². The van der Waals surface area contributed by atoms with Gasteiger partial charge in [-0.25, -0.2) is 4.79 Å². The van der Waals surface area contributed by atoms with Gasteiger partial charge >= 0.3 is 6.03 Å². The first-order chi connectivity index (χ1) is 12.3. The quantitative estimate of drug-likeness (QED) is 0.853. The molecule has 3 rings (SSSR count). The number of para-hydroxylation sites is 1. The largest absolute Gasteiger partial charge is 0.370 e. The molecule has 0 spiro atoms. The van der Waals surface area contributed by atoms with Crippen LogP contribution in [0.25, 0.3) is 0 Å². The van der Waals surface area contributed by atoms with Crippen molar-refractivity contribution < 1.29 is 4.79 Å². The molecule has 1 fully saturated rings. The van der Waals surface area contributed by atoms with Crippen LogP contribution in [0, 0.1) is 0 Å². The molecule has 132 valence electrons. The van der Waals surface area contributed by atoms with E-state index in [-0.39, 0.29) is 6.03 Å². The van der Waals surface area contributed by atoms with Crippen LogP contribution in [0.15, 0.2) is 54.7 Å². The lowest BCUT2D eigenvalue weighted by Crippen LogP contribution is -2.42. The number of nitrogens with zero attached hydrogens (tertiary/aromatic N) is 3. The molecule has 0 aliphatic carbocycles. The van der Waals surface area contributed by atoms with E-state index in [1.54, 1.807) is 0 Å². The van der Waals surface area contributed by atoms with Gasteiger partial charge in [-0.3, -0.25) is 4.98 Å². The van der Waals surface area contributed by atoms with Crippen molar-refractivity contribution in [2.24, 2.45) is 0 Å². The van der Waals surface area contributed by atoms with Gasteiger partial charge in [0, 0.05) is 50.3 Å². The molecule has 5 nitrogen and oxygen atoms in total. The molecule has 0 atom stereocenters. The normalized spacial score (nSPS) is 14.9. The zero-order valence-corrected chi connectivity index (χ0v) is 14.6. The summed E-state index contributed by atoms with van der Waals surface area (Å²) in [6.07, 6.45) is 4.61. The number of anilines is 1. The molecule has 2 aromatic rings. The number of urea groups is 1. The minimum Gasteiger partial charge on any atom is -0.370 e. The molecular weight excluding hydrogens is 312 g/mol. The molecular formula is C20H26N4O. The number of aryl methyl sites for hydroxylation is 1. The topological polar surface area (TPSA) is 48.5 Å². The van der Waals surface area contributed by atoms with Crippen LogP contribution in [0.3, 0.4) is 0 Å². The number of rotatable bonds is 5. The molecule has 25 heavy (non-hydrogen) atoms. The maximum Gasteiger partial charge on any atom is 0.317 e. The Morgan fingerprint density at radius 1 is 1.00 bits per heavy atom. The number of nitrogens with one attached hydrogen (secondary N) is 1. The Hall–Kier alpha value is -2.56. The van der Waals surface area contributed by atoms with E-state index in [4.69, 9.17) is 0 Å². The minimum atomic E-state index is 0.0518. The summed E-state index contributed by atoms with van der Waals surface area (Å²) in [6, 6.07) is 16.4. The van der Waals surface area contributed by atoms with E-state index in [1.165, 1.54) is 5.69 Å². The van der Waals surface area contributed by atoms with Crippen molar-refractivity contribution in [3.8, 4) is 0 Å². The summed E-state index contributed by atoms with van der Waals surface area (Å²) >= 11 is 0. The number of amides is 2. The third-order valence-electron chi connectivity index (χ3n) is 4.52. The molecule has 1 aromatic carbocycles. The fraction of sp³-hybridized carbons (Fsp3) is 0.400. The van der Waals surface area contributed by atoms with Gasteiger partial charge in [0.05, 0.1) is 0 Å². The van der Waals surface area contributed by atoms with Gasteiger partial charge in [-0.1, -0.05) is 24.3 Å². The number of hydrogen-bond donors (Lipinski definition) is 1. The van der Waals surface area contributed by atoms with E-state index in [2.05, 4.69) is 39.5 Å². The molecule has 0 radical (unpaired) electrons. The number of pyridine rings is 1. The SMILES string of the molecule is O=C(NCCCc1ccccn1)N1CCCN(c2ccccc2)CC1. The molecule has 5 heteroatoms. The van der Waals surface area contributed by atoms with Gasteiger partial charge in [0.15, 0.2) is 0 Å². The second-order valence-corrected chi connectivity index (χ2v) is 6.32. The van der Waals surface area contributed by atoms with Gasteiger partial charge in [-0.2, -0.15) is 0 Å². The average molecular weight is 338 g/mol. The van der Waals surface area contributed by atoms with Crippen molar-refractivity contribution in [1.82, 2.24) is 15.2 Å². The Morgan fingerprint density at radius 3 is 2.64 bits per heavy atom. The predicted molar refractivity (Wildman–Crippen MR) is 101 cm³/mol. The van der Waals surface area contributed by atoms with Crippen LogP contribution in [0.4, 0.5) is 10.5 Å². The monoisotopic (exact) mass is 338 g/mol. The fourth-order valence-electron chi connectivity index (χ4n) is 3.14. The van der Waals surface area contributed by atoms with Gasteiger partial charge in [-0.05, 0) is 43.5 Å². The lowest BCUT2D eigenvalue weighted by Gasteiger charge is -2.23. The maximum atomic E-state index is 12.4. The summed E-state index contributed by atoms with van der Waals surface area (Å²) in [5.41, 5.74) is 2.31. The molecule has 1 N–H and O–H groups in total. The highest BCUT2D eigenvalue weighted by Gasteiger charge is 2.18. The molecule has 2 heterocycles. The molecule has 1 aliphatic heterocycles. The summed E-state index contributed by atoms with van der Waals surface area (Å²) < 4.78 is 0. The van der Waals surface area contributed by atoms with Crippen LogP contribution in [0.1, 0.15) is 18.5 Å². The highest BCUT2D eigenvalue weighted by molar-refractivity contribution is 5.74. The highest BCUT2D eigenvalue weighted by Crippen LogP contribution is 2.15. The van der Waals surface area contributed by atoms with Crippen molar-refractivity contribution >= 4 is 11.7 Å². The summed E-state index contributed by atoms with van der Waals surface area (Å²) in [7, 11) is 0. The van der Waals surface area contributed by atoms with E-state index in [1.807, 2.05) is 35.4 Å². The van der Waals surface area contributed by atoms with E-state index < -0.39 is 0 Å². The van der Waals surface area contributed by atoms with Crippen LogP contribution in [0.5, 0.6) is 0 Å². The van der Waals surface area contributed by atoms with Crippen LogP contribution in [-0.2, 0) is 6.42 Å². The summed E-state index contributed by atoms with van der Waals surface area (Å²) in [4.78, 5) is 21.0. The number of benzene rings is 1. The Kier molecular flexibility index (Phi) is 6.26. The van der Waals surface area contributed by atoms with Crippen molar-refractivity contribution in [3.05, 3.63) is 60.4 Å². The molecule has 1 saturated heterocycles. The van der Waals surface area contributed by atoms with Crippen LogP contribution in [-0.4, -0.2) is 48.6 Å². The Labute approximate surface area is 149 Å². The first kappa shape index (κ1) is 17.3. The third kappa shape index (κ3) is 5.21. The van der Waals surface area contributed by atoms with Crippen LogP contribution >= 0.6 is 0 Å². The summed E-state index contributed by atoms with van der Waals surface area (Å²) in [6.45, 7) is 4.14. The summed E-state index contributed by atoms with van der Waals surface area (Å²) in [5.74, 6) is 0. The lowest BCUT2D eigenvalue weighted by atomic mass is 10.2. The molecule has 0 saturated carbocycles. The van der Waals surface area contributed by atoms with E-state index in [0.717, 1.165) is 51.1 Å². The van der Waals surface area contributed by atoms with Crippen molar-refractivity contribution in [2.75, 3.05) is 37.6 Å². The fourth-order valence-corrected chi connectivity index (χ4v) is 3.14. The van der Waals surface area contributed by atoms with E-state index in [0.29, 0.717) is 6.54 Å². The zero-order valence-electron chi connectivity index (χ0n) is 14.6. The highest BCUT2D eigenvalue weighted by atomic mass is 16.2. The number of hydrogen-bond acceptors (Lipinski definition) is 3. The average Bonchev–Trinajstić information content (AvgIpc) is 2.93. The van der Waals surface area contributed by atoms with Crippen LogP contribution in [0.2, 0.25) is 0 Å². The molecule has 2 amide bonds. The molecule has 0 unspecified atom stereocenters. The predicted octanol–water partition coefficient (Wildman–Crippen LogP) is 2.94. The van der Waals surface area contributed by atoms with Gasteiger partial charge in [0.1, 0.15) is 0 Å². The lowest BCUT2D eigenvalue weighted by molar-refractivity contribution is 0.201. The Balaban J connectivity index is 1.40. The number of aromatic nitrogens is 1. The van der Waals surface area contributed by atoms with Crippen LogP contribution < -0.4 is 10.2 Å².